The predicted octanol–water partition coefficient (Wildman–Crippen LogP) is 3.73. The van der Waals surface area contributed by atoms with Crippen molar-refractivity contribution in [2.75, 3.05) is 84.4 Å². The van der Waals surface area contributed by atoms with Crippen molar-refractivity contribution in [3.8, 4) is 5.69 Å². The summed E-state index contributed by atoms with van der Waals surface area (Å²) in [5, 5.41) is 6.62. The van der Waals surface area contributed by atoms with Crippen LogP contribution in [0.2, 0.25) is 0 Å². The molecule has 0 bridgehead atoms. The molecule has 5 aromatic rings. The molecule has 0 atom stereocenters. The highest BCUT2D eigenvalue weighted by Gasteiger charge is 2.35. The molecule has 1 fully saturated rings. The van der Waals surface area contributed by atoms with E-state index in [2.05, 4.69) is 25.0 Å². The minimum atomic E-state index is -0.278. The van der Waals surface area contributed by atoms with Gasteiger partial charge < -0.3 is 24.6 Å². The van der Waals surface area contributed by atoms with Gasteiger partial charge >= 0.3 is 0 Å². The molecule has 12 heteroatoms. The second-order valence-electron chi connectivity index (χ2n) is 13.9. The highest BCUT2D eigenvalue weighted by molar-refractivity contribution is 6.27. The normalized spacial score (nSPS) is 16.0. The number of carbonyl (C=O) groups is 4. The SMILES string of the molecule is CN(CCCN(C)CCN1C(=O)c2cccc3c(-n4ccnc4)ccc(c23)C1=O)CCN1C(=O)c2cccc3c(N4CCNCC4)ccc(c23)C1=O. The molecular weight excluding hydrogens is 656 g/mol. The second kappa shape index (κ2) is 13.9. The molecule has 266 valence electrons. The fraction of sp³-hybridized carbons (Fsp3) is 0.325. The van der Waals surface area contributed by atoms with Crippen molar-refractivity contribution in [3.63, 3.8) is 0 Å². The predicted molar refractivity (Wildman–Crippen MR) is 200 cm³/mol. The molecule has 4 amide bonds. The first-order chi connectivity index (χ1) is 25.3. The molecule has 8 rings (SSSR count). The van der Waals surface area contributed by atoms with E-state index in [9.17, 15) is 19.2 Å². The summed E-state index contributed by atoms with van der Waals surface area (Å²) >= 11 is 0. The number of piperazine rings is 1. The Morgan fingerprint density at radius 3 is 1.65 bits per heavy atom. The van der Waals surface area contributed by atoms with Crippen molar-refractivity contribution >= 4 is 50.9 Å². The number of hydrogen-bond donors (Lipinski definition) is 1. The fourth-order valence-corrected chi connectivity index (χ4v) is 7.85. The summed E-state index contributed by atoms with van der Waals surface area (Å²) in [6.45, 7) is 6.77. The topological polar surface area (TPSA) is 114 Å². The lowest BCUT2D eigenvalue weighted by Gasteiger charge is -2.33. The van der Waals surface area contributed by atoms with Crippen molar-refractivity contribution in [1.82, 2.24) is 34.5 Å². The molecule has 0 saturated carbocycles. The van der Waals surface area contributed by atoms with Crippen LogP contribution in [0.15, 0.2) is 79.4 Å². The molecule has 0 radical (unpaired) electrons. The van der Waals surface area contributed by atoms with E-state index >= 15 is 0 Å². The lowest BCUT2D eigenvalue weighted by Crippen LogP contribution is -2.45. The Balaban J connectivity index is 0.844. The van der Waals surface area contributed by atoms with Crippen molar-refractivity contribution < 1.29 is 19.2 Å². The molecule has 52 heavy (non-hydrogen) atoms. The number of amides is 4. The summed E-state index contributed by atoms with van der Waals surface area (Å²) in [7, 11) is 3.98. The van der Waals surface area contributed by atoms with Crippen LogP contribution in [0.5, 0.6) is 0 Å². The standard InChI is InChI=1S/C40H42N8O4/c1-43(22-24-47-37(49)29-8-3-6-27-33(45-19-14-41-15-20-45)12-10-31(35(27)29)39(47)51)17-5-18-44(2)23-25-48-38(50)30-9-4-7-28-34(46-21-16-42-26-46)13-11-32(36(28)30)40(48)52/h3-4,6-13,16,21,26,41H,5,14-15,17-20,22-25H2,1-2H3. The van der Waals surface area contributed by atoms with Crippen LogP contribution in [-0.4, -0.2) is 132 Å². The zero-order valence-corrected chi connectivity index (χ0v) is 29.5. The van der Waals surface area contributed by atoms with Crippen LogP contribution >= 0.6 is 0 Å². The van der Waals surface area contributed by atoms with E-state index in [-0.39, 0.29) is 30.2 Å². The summed E-state index contributed by atoms with van der Waals surface area (Å²) in [6.07, 6.45) is 6.09. The third-order valence-corrected chi connectivity index (χ3v) is 10.7. The lowest BCUT2D eigenvalue weighted by molar-refractivity contribution is 0.0585. The second-order valence-corrected chi connectivity index (χ2v) is 13.9. The Kier molecular flexibility index (Phi) is 9.04. The van der Waals surface area contributed by atoms with E-state index in [4.69, 9.17) is 0 Å². The van der Waals surface area contributed by atoms with Crippen molar-refractivity contribution in [2.45, 2.75) is 6.42 Å². The molecule has 1 aromatic heterocycles. The number of anilines is 1. The average Bonchev–Trinajstić information content (AvgIpc) is 3.71. The van der Waals surface area contributed by atoms with Gasteiger partial charge in [-0.2, -0.15) is 0 Å². The highest BCUT2D eigenvalue weighted by Crippen LogP contribution is 2.37. The zero-order chi connectivity index (χ0) is 35.9. The first kappa shape index (κ1) is 33.7. The van der Waals surface area contributed by atoms with Crippen LogP contribution < -0.4 is 10.2 Å². The molecule has 1 N–H and O–H groups in total. The summed E-state index contributed by atoms with van der Waals surface area (Å²) < 4.78 is 1.88. The smallest absolute Gasteiger partial charge is 0.261 e. The number of imidazole rings is 1. The van der Waals surface area contributed by atoms with E-state index < -0.39 is 0 Å². The maximum atomic E-state index is 13.7. The maximum absolute atomic E-state index is 13.7. The Morgan fingerprint density at radius 2 is 1.13 bits per heavy atom. The summed E-state index contributed by atoms with van der Waals surface area (Å²) in [4.78, 5) is 67.9. The third kappa shape index (κ3) is 5.92. The first-order valence-electron chi connectivity index (χ1n) is 18.0. The van der Waals surface area contributed by atoms with Gasteiger partial charge in [-0.05, 0) is 70.0 Å². The number of hydrogen-bond acceptors (Lipinski definition) is 9. The van der Waals surface area contributed by atoms with Gasteiger partial charge in [-0.25, -0.2) is 4.98 Å². The Bertz CT molecular complexity index is 2170. The molecule has 12 nitrogen and oxygen atoms in total. The molecule has 3 aliphatic heterocycles. The van der Waals surface area contributed by atoms with Gasteiger partial charge in [0.25, 0.3) is 23.6 Å². The summed E-state index contributed by atoms with van der Waals surface area (Å²) in [5.74, 6) is -1.04. The largest absolute Gasteiger partial charge is 0.368 e. The molecule has 0 aliphatic carbocycles. The van der Waals surface area contributed by atoms with Gasteiger partial charge in [-0.3, -0.25) is 29.0 Å². The van der Waals surface area contributed by atoms with E-state index in [0.717, 1.165) is 73.2 Å². The van der Waals surface area contributed by atoms with E-state index in [0.29, 0.717) is 47.3 Å². The quantitative estimate of drug-likeness (QED) is 0.195. The highest BCUT2D eigenvalue weighted by atomic mass is 16.2. The van der Waals surface area contributed by atoms with Gasteiger partial charge in [-0.1, -0.05) is 24.3 Å². The number of aromatic nitrogens is 2. The number of benzene rings is 4. The summed E-state index contributed by atoms with van der Waals surface area (Å²) in [6, 6.07) is 19.0. The fourth-order valence-electron chi connectivity index (χ4n) is 7.85. The first-order valence-corrected chi connectivity index (χ1v) is 18.0. The minimum Gasteiger partial charge on any atom is -0.368 e. The van der Waals surface area contributed by atoms with Crippen molar-refractivity contribution in [3.05, 3.63) is 102 Å². The Labute approximate surface area is 302 Å². The van der Waals surface area contributed by atoms with Crippen LogP contribution in [0.25, 0.3) is 27.2 Å². The summed E-state index contributed by atoms with van der Waals surface area (Å²) in [5.41, 5.74) is 4.16. The van der Waals surface area contributed by atoms with Gasteiger partial charge in [0.2, 0.25) is 0 Å². The third-order valence-electron chi connectivity index (χ3n) is 10.7. The van der Waals surface area contributed by atoms with Crippen LogP contribution in [0.4, 0.5) is 5.69 Å². The van der Waals surface area contributed by atoms with Gasteiger partial charge in [0, 0.05) is 114 Å². The number of imide groups is 2. The molecule has 4 aromatic carbocycles. The van der Waals surface area contributed by atoms with E-state index in [1.165, 1.54) is 9.80 Å². The van der Waals surface area contributed by atoms with E-state index in [1.807, 2.05) is 73.4 Å². The number of nitrogens with zero attached hydrogens (tertiary/aromatic N) is 7. The molecule has 4 heterocycles. The van der Waals surface area contributed by atoms with Crippen LogP contribution in [0.3, 0.4) is 0 Å². The number of carbonyl (C=O) groups excluding carboxylic acids is 4. The molecule has 1 saturated heterocycles. The number of likely N-dealkylation sites (N-methyl/N-ethyl adjacent to an activating group) is 2. The minimum absolute atomic E-state index is 0.243. The monoisotopic (exact) mass is 698 g/mol. The van der Waals surface area contributed by atoms with Gasteiger partial charge in [0.1, 0.15) is 0 Å². The van der Waals surface area contributed by atoms with Crippen LogP contribution in [-0.2, 0) is 0 Å². The van der Waals surface area contributed by atoms with Gasteiger partial charge in [0.15, 0.2) is 0 Å². The maximum Gasteiger partial charge on any atom is 0.261 e. The molecule has 0 spiro atoms. The van der Waals surface area contributed by atoms with Gasteiger partial charge in [-0.15, -0.1) is 0 Å². The Morgan fingerprint density at radius 1 is 0.635 bits per heavy atom. The lowest BCUT2D eigenvalue weighted by atomic mass is 9.92. The zero-order valence-electron chi connectivity index (χ0n) is 29.5. The number of rotatable bonds is 12. The van der Waals surface area contributed by atoms with Crippen LogP contribution in [0, 0.1) is 0 Å². The number of nitrogens with one attached hydrogen (secondary N) is 1. The van der Waals surface area contributed by atoms with E-state index in [1.54, 1.807) is 24.7 Å². The van der Waals surface area contributed by atoms with Crippen molar-refractivity contribution in [2.24, 2.45) is 0 Å². The molecule has 0 unspecified atom stereocenters. The molecule has 3 aliphatic rings. The van der Waals surface area contributed by atoms with Gasteiger partial charge in [0.05, 0.1) is 12.0 Å². The van der Waals surface area contributed by atoms with Crippen LogP contribution in [0.1, 0.15) is 47.9 Å². The molecular formula is C40H42N8O4. The average molecular weight is 699 g/mol. The van der Waals surface area contributed by atoms with Crippen molar-refractivity contribution in [1.29, 1.82) is 0 Å². The Hall–Kier alpha value is -5.43.